The lowest BCUT2D eigenvalue weighted by molar-refractivity contribution is 0.0527. The van der Waals surface area contributed by atoms with Gasteiger partial charge >= 0.3 is 5.97 Å². The first-order valence-corrected chi connectivity index (χ1v) is 8.77. The predicted octanol–water partition coefficient (Wildman–Crippen LogP) is 3.52. The molecule has 0 aliphatic carbocycles. The average molecular weight is 387 g/mol. The molecule has 29 heavy (non-hydrogen) atoms. The maximum absolute atomic E-state index is 12.5. The van der Waals surface area contributed by atoms with Crippen molar-refractivity contribution >= 4 is 29.1 Å². The Morgan fingerprint density at radius 1 is 1.10 bits per heavy atom. The number of para-hydroxylation sites is 1. The number of aromatic nitrogens is 2. The van der Waals surface area contributed by atoms with Crippen molar-refractivity contribution in [3.63, 3.8) is 0 Å². The van der Waals surface area contributed by atoms with Crippen LogP contribution in [0.1, 0.15) is 33.3 Å². The van der Waals surface area contributed by atoms with Crippen LogP contribution in [0.4, 0.5) is 17.2 Å². The molecule has 0 spiro atoms. The monoisotopic (exact) mass is 387 g/mol. The third kappa shape index (κ3) is 4.93. The summed E-state index contributed by atoms with van der Waals surface area (Å²) in [6.07, 6.45) is 1.25. The summed E-state index contributed by atoms with van der Waals surface area (Å²) in [5.41, 5.74) is 1.89. The predicted molar refractivity (Wildman–Crippen MR) is 107 cm³/mol. The molecule has 3 rings (SSSR count). The van der Waals surface area contributed by atoms with E-state index in [2.05, 4.69) is 20.6 Å². The minimum atomic E-state index is -0.458. The minimum Gasteiger partial charge on any atom is -0.462 e. The zero-order chi connectivity index (χ0) is 20.6. The van der Waals surface area contributed by atoms with Crippen molar-refractivity contribution in [3.8, 4) is 6.07 Å². The van der Waals surface area contributed by atoms with Gasteiger partial charge < -0.3 is 15.4 Å². The van der Waals surface area contributed by atoms with Gasteiger partial charge in [-0.25, -0.2) is 14.8 Å². The standard InChI is InChI=1S/C21H17N5O3/c1-2-29-21(28)16-8-3-4-9-17(16)26-19-11-18(23-13-24-19)20(27)25-15-7-5-6-14(10-15)12-22/h3-11,13H,2H2,1H3,(H,25,27)(H,23,24,26). The van der Waals surface area contributed by atoms with E-state index in [1.54, 1.807) is 55.5 Å². The number of nitrogens with one attached hydrogen (secondary N) is 2. The van der Waals surface area contributed by atoms with E-state index in [0.29, 0.717) is 28.3 Å². The Morgan fingerprint density at radius 3 is 2.72 bits per heavy atom. The normalized spacial score (nSPS) is 9.93. The van der Waals surface area contributed by atoms with Gasteiger partial charge in [-0.3, -0.25) is 4.79 Å². The lowest BCUT2D eigenvalue weighted by atomic mass is 10.2. The first-order chi connectivity index (χ1) is 14.1. The van der Waals surface area contributed by atoms with Crippen molar-refractivity contribution in [1.29, 1.82) is 5.26 Å². The summed E-state index contributed by atoms with van der Waals surface area (Å²) in [5, 5.41) is 14.7. The van der Waals surface area contributed by atoms with Crippen LogP contribution in [-0.4, -0.2) is 28.5 Å². The fourth-order valence-corrected chi connectivity index (χ4v) is 2.53. The first-order valence-electron chi connectivity index (χ1n) is 8.77. The second-order valence-corrected chi connectivity index (χ2v) is 5.83. The molecule has 144 valence electrons. The number of carbonyl (C=O) groups is 2. The molecule has 2 N–H and O–H groups in total. The number of esters is 1. The quantitative estimate of drug-likeness (QED) is 0.621. The number of carbonyl (C=O) groups excluding carboxylic acids is 2. The van der Waals surface area contributed by atoms with Crippen LogP contribution in [0.2, 0.25) is 0 Å². The first kappa shape index (κ1) is 19.5. The van der Waals surface area contributed by atoms with Crippen molar-refractivity contribution in [2.75, 3.05) is 17.2 Å². The molecular weight excluding hydrogens is 370 g/mol. The summed E-state index contributed by atoms with van der Waals surface area (Å²) < 4.78 is 5.05. The van der Waals surface area contributed by atoms with Crippen molar-refractivity contribution in [1.82, 2.24) is 9.97 Å². The van der Waals surface area contributed by atoms with E-state index >= 15 is 0 Å². The van der Waals surface area contributed by atoms with Crippen LogP contribution in [0.15, 0.2) is 60.9 Å². The molecule has 0 fully saturated rings. The molecule has 1 heterocycles. The van der Waals surface area contributed by atoms with Gasteiger partial charge in [0.1, 0.15) is 17.8 Å². The Hall–Kier alpha value is -4.25. The van der Waals surface area contributed by atoms with E-state index in [9.17, 15) is 9.59 Å². The molecular formula is C21H17N5O3. The number of hydrogen-bond acceptors (Lipinski definition) is 7. The highest BCUT2D eigenvalue weighted by Crippen LogP contribution is 2.21. The molecule has 1 aromatic heterocycles. The van der Waals surface area contributed by atoms with Crippen LogP contribution in [0, 0.1) is 11.3 Å². The van der Waals surface area contributed by atoms with Gasteiger partial charge in [0.2, 0.25) is 0 Å². The highest BCUT2D eigenvalue weighted by atomic mass is 16.5. The summed E-state index contributed by atoms with van der Waals surface area (Å²) >= 11 is 0. The maximum atomic E-state index is 12.5. The molecule has 2 aromatic carbocycles. The van der Waals surface area contributed by atoms with Crippen LogP contribution >= 0.6 is 0 Å². The van der Waals surface area contributed by atoms with Crippen LogP contribution in [0.3, 0.4) is 0 Å². The molecule has 0 atom stereocenters. The molecule has 3 aromatic rings. The van der Waals surface area contributed by atoms with Gasteiger partial charge in [0, 0.05) is 11.8 Å². The molecule has 0 saturated carbocycles. The van der Waals surface area contributed by atoms with Gasteiger partial charge in [-0.15, -0.1) is 0 Å². The third-order valence-electron chi connectivity index (χ3n) is 3.83. The number of hydrogen-bond donors (Lipinski definition) is 2. The van der Waals surface area contributed by atoms with Crippen LogP contribution in [0.5, 0.6) is 0 Å². The van der Waals surface area contributed by atoms with Crippen LogP contribution < -0.4 is 10.6 Å². The lowest BCUT2D eigenvalue weighted by Crippen LogP contribution is -2.14. The molecule has 8 heteroatoms. The van der Waals surface area contributed by atoms with E-state index in [1.807, 2.05) is 6.07 Å². The second kappa shape index (κ2) is 9.10. The molecule has 0 aliphatic rings. The molecule has 0 bridgehead atoms. The van der Waals surface area contributed by atoms with Gasteiger partial charge in [-0.1, -0.05) is 18.2 Å². The Labute approximate surface area is 167 Å². The largest absolute Gasteiger partial charge is 0.462 e. The van der Waals surface area contributed by atoms with E-state index < -0.39 is 11.9 Å². The summed E-state index contributed by atoms with van der Waals surface area (Å²) in [4.78, 5) is 32.7. The number of anilines is 3. The average Bonchev–Trinajstić information content (AvgIpc) is 2.74. The van der Waals surface area contributed by atoms with Crippen LogP contribution in [-0.2, 0) is 4.74 Å². The van der Waals surface area contributed by atoms with E-state index in [0.717, 1.165) is 0 Å². The fourth-order valence-electron chi connectivity index (χ4n) is 2.53. The number of nitriles is 1. The zero-order valence-corrected chi connectivity index (χ0v) is 15.5. The summed E-state index contributed by atoms with van der Waals surface area (Å²) in [6, 6.07) is 16.9. The highest BCUT2D eigenvalue weighted by Gasteiger charge is 2.14. The van der Waals surface area contributed by atoms with Gasteiger partial charge in [-0.05, 0) is 37.3 Å². The summed E-state index contributed by atoms with van der Waals surface area (Å²) in [7, 11) is 0. The molecule has 0 saturated heterocycles. The van der Waals surface area contributed by atoms with E-state index in [-0.39, 0.29) is 12.3 Å². The molecule has 1 amide bonds. The zero-order valence-electron chi connectivity index (χ0n) is 15.5. The van der Waals surface area contributed by atoms with Gasteiger partial charge in [-0.2, -0.15) is 5.26 Å². The summed E-state index contributed by atoms with van der Waals surface area (Å²) in [6.45, 7) is 1.99. The molecule has 0 unspecified atom stereocenters. The molecule has 8 nitrogen and oxygen atoms in total. The number of rotatable bonds is 6. The number of ether oxygens (including phenoxy) is 1. The van der Waals surface area contributed by atoms with Gasteiger partial charge in [0.15, 0.2) is 0 Å². The van der Waals surface area contributed by atoms with Crippen molar-refractivity contribution in [2.45, 2.75) is 6.92 Å². The van der Waals surface area contributed by atoms with Crippen molar-refractivity contribution in [3.05, 3.63) is 77.7 Å². The Kier molecular flexibility index (Phi) is 6.12. The minimum absolute atomic E-state index is 0.124. The third-order valence-corrected chi connectivity index (χ3v) is 3.83. The lowest BCUT2D eigenvalue weighted by Gasteiger charge is -2.11. The summed E-state index contributed by atoms with van der Waals surface area (Å²) in [5.74, 6) is -0.572. The van der Waals surface area contributed by atoms with Crippen molar-refractivity contribution in [2.24, 2.45) is 0 Å². The van der Waals surface area contributed by atoms with Crippen LogP contribution in [0.25, 0.3) is 0 Å². The van der Waals surface area contributed by atoms with Gasteiger partial charge in [0.05, 0.1) is 29.5 Å². The maximum Gasteiger partial charge on any atom is 0.340 e. The fraction of sp³-hybridized carbons (Fsp3) is 0.0952. The number of benzene rings is 2. The number of amides is 1. The Morgan fingerprint density at radius 2 is 1.93 bits per heavy atom. The topological polar surface area (TPSA) is 117 Å². The van der Waals surface area contributed by atoms with E-state index in [1.165, 1.54) is 12.4 Å². The second-order valence-electron chi connectivity index (χ2n) is 5.83. The smallest absolute Gasteiger partial charge is 0.340 e. The molecule has 0 aliphatic heterocycles. The Bertz CT molecular complexity index is 1090. The van der Waals surface area contributed by atoms with E-state index in [4.69, 9.17) is 10.00 Å². The van der Waals surface area contributed by atoms with Crippen molar-refractivity contribution < 1.29 is 14.3 Å². The highest BCUT2D eigenvalue weighted by molar-refractivity contribution is 6.03. The molecule has 0 radical (unpaired) electrons. The SMILES string of the molecule is CCOC(=O)c1ccccc1Nc1cc(C(=O)Nc2cccc(C#N)c2)ncn1. The number of nitrogens with zero attached hydrogens (tertiary/aromatic N) is 3. The van der Waals surface area contributed by atoms with Gasteiger partial charge in [0.25, 0.3) is 5.91 Å². The Balaban J connectivity index is 1.79.